The summed E-state index contributed by atoms with van der Waals surface area (Å²) in [6.45, 7) is 7.57. The minimum atomic E-state index is -1.18. The molecule has 0 heterocycles. The number of benzene rings is 1. The first-order valence-corrected chi connectivity index (χ1v) is 13.0. The van der Waals surface area contributed by atoms with Crippen molar-refractivity contribution in [1.29, 1.82) is 0 Å². The van der Waals surface area contributed by atoms with Gasteiger partial charge in [0, 0.05) is 0 Å². The Bertz CT molecular complexity index is 588. The first-order valence-electron chi connectivity index (χ1n) is 6.99. The number of allylic oxidation sites excluding steroid dienone is 5. The summed E-state index contributed by atoms with van der Waals surface area (Å²) in [6.07, 6.45) is 10.7. The molecule has 96 valence electrons. The fourth-order valence-electron chi connectivity index (χ4n) is 3.09. The van der Waals surface area contributed by atoms with E-state index < -0.39 is 31.3 Å². The van der Waals surface area contributed by atoms with E-state index in [1.165, 1.54) is 12.0 Å². The Kier molecular flexibility index (Phi) is 3.66. The Balaban J connectivity index is 1.95. The molecule has 2 aliphatic carbocycles. The zero-order valence-corrected chi connectivity index (χ0v) is 15.4. The third-order valence-electron chi connectivity index (χ3n) is 3.87. The summed E-state index contributed by atoms with van der Waals surface area (Å²) < 4.78 is 3.56. The van der Waals surface area contributed by atoms with Gasteiger partial charge in [0.1, 0.15) is 0 Å². The average Bonchev–Trinajstić information content (AvgIpc) is 2.94. The molecule has 0 fully saturated rings. The summed E-state index contributed by atoms with van der Waals surface area (Å²) in [5.74, 6) is 0. The van der Waals surface area contributed by atoms with Gasteiger partial charge < -0.3 is 0 Å². The second-order valence-electron chi connectivity index (χ2n) is 6.48. The Morgan fingerprint density at radius 3 is 2.63 bits per heavy atom. The van der Waals surface area contributed by atoms with Crippen LogP contribution < -0.4 is 0 Å². The molecule has 3 rings (SSSR count). The number of fused-ring (bicyclic) bond motifs is 1. The van der Waals surface area contributed by atoms with Crippen molar-refractivity contribution in [1.82, 2.24) is 0 Å². The van der Waals surface area contributed by atoms with Gasteiger partial charge in [0.2, 0.25) is 0 Å². The molecule has 0 bridgehead atoms. The summed E-state index contributed by atoms with van der Waals surface area (Å²) >= 11 is -0.545. The first-order chi connectivity index (χ1) is 9.05. The summed E-state index contributed by atoms with van der Waals surface area (Å²) in [4.78, 5) is 0. The quantitative estimate of drug-likeness (QED) is 0.683. The molecule has 0 saturated heterocycles. The monoisotopic (exact) mass is 342 g/mol. The molecule has 0 nitrogen and oxygen atoms in total. The standard InChI is InChI=1S/C12H15Si.C5H5.Zr/c1-13(2,3)12-9-8-10-6-4-5-7-11(10)12;1-2-4-5-3-1;/h4-8,12H,1-3H3;1-3H,4H2;. The van der Waals surface area contributed by atoms with Gasteiger partial charge in [-0.05, 0) is 0 Å². The molecule has 1 unspecified atom stereocenters. The third kappa shape index (κ3) is 2.71. The molecule has 2 aliphatic rings. The number of rotatable bonds is 3. The average molecular weight is 344 g/mol. The number of hydrogen-bond donors (Lipinski definition) is 0. The Morgan fingerprint density at radius 1 is 1.16 bits per heavy atom. The molecule has 0 N–H and O–H groups in total. The molecule has 1 aromatic carbocycles. The second kappa shape index (κ2) is 5.14. The van der Waals surface area contributed by atoms with Gasteiger partial charge in [0.15, 0.2) is 0 Å². The molecule has 1 aromatic rings. The Labute approximate surface area is 128 Å². The normalized spacial score (nSPS) is 21.1. The molecular weight excluding hydrogens is 323 g/mol. The van der Waals surface area contributed by atoms with Gasteiger partial charge in [-0.1, -0.05) is 0 Å². The Hall–Kier alpha value is -0.460. The molecule has 2 heteroatoms. The molecule has 1 atom stereocenters. The third-order valence-corrected chi connectivity index (χ3v) is 10.4. The van der Waals surface area contributed by atoms with Gasteiger partial charge in [0.25, 0.3) is 0 Å². The van der Waals surface area contributed by atoms with Gasteiger partial charge in [-0.2, -0.15) is 0 Å². The number of hydrogen-bond acceptors (Lipinski definition) is 0. The topological polar surface area (TPSA) is 0 Å². The van der Waals surface area contributed by atoms with E-state index in [1.54, 1.807) is 8.84 Å². The van der Waals surface area contributed by atoms with Crippen molar-refractivity contribution >= 4 is 14.1 Å². The summed E-state index contributed by atoms with van der Waals surface area (Å²) in [6, 6.07) is 9.06. The van der Waals surface area contributed by atoms with Gasteiger partial charge in [-0.25, -0.2) is 0 Å². The molecule has 19 heavy (non-hydrogen) atoms. The molecule has 0 aliphatic heterocycles. The Morgan fingerprint density at radius 2 is 1.95 bits per heavy atom. The van der Waals surface area contributed by atoms with E-state index in [1.807, 2.05) is 3.28 Å². The van der Waals surface area contributed by atoms with E-state index in [9.17, 15) is 0 Å². The van der Waals surface area contributed by atoms with Crippen molar-refractivity contribution in [3.8, 4) is 0 Å². The maximum atomic E-state index is 2.53. The van der Waals surface area contributed by atoms with Crippen LogP contribution in [0.3, 0.4) is 0 Å². The predicted molar refractivity (Wildman–Crippen MR) is 82.3 cm³/mol. The van der Waals surface area contributed by atoms with Crippen LogP contribution in [-0.4, -0.2) is 8.07 Å². The van der Waals surface area contributed by atoms with Crippen LogP contribution in [0.15, 0.2) is 49.1 Å². The fraction of sp³-hybridized carbons (Fsp3) is 0.294. The van der Waals surface area contributed by atoms with Gasteiger partial charge in [-0.3, -0.25) is 0 Å². The van der Waals surface area contributed by atoms with Crippen LogP contribution in [0.2, 0.25) is 19.6 Å². The maximum absolute atomic E-state index is 2.53. The predicted octanol–water partition coefficient (Wildman–Crippen LogP) is 4.93. The van der Waals surface area contributed by atoms with Crippen molar-refractivity contribution in [2.45, 2.75) is 31.6 Å². The minimum absolute atomic E-state index is 0.545. The van der Waals surface area contributed by atoms with Crippen LogP contribution in [0.1, 0.15) is 23.1 Å². The molecule has 0 amide bonds. The van der Waals surface area contributed by atoms with Crippen LogP contribution in [0.25, 0.3) is 6.08 Å². The van der Waals surface area contributed by atoms with E-state index >= 15 is 0 Å². The van der Waals surface area contributed by atoms with Crippen molar-refractivity contribution < 1.29 is 23.2 Å². The zero-order chi connectivity index (χ0) is 13.5. The van der Waals surface area contributed by atoms with Crippen LogP contribution in [0, 0.1) is 0 Å². The summed E-state index contributed by atoms with van der Waals surface area (Å²) in [5.41, 5.74) is 3.89. The van der Waals surface area contributed by atoms with Crippen molar-refractivity contribution in [3.63, 3.8) is 0 Å². The van der Waals surface area contributed by atoms with E-state index in [0.717, 1.165) is 5.54 Å². The molecular formula is C17H20SiZr. The van der Waals surface area contributed by atoms with Crippen molar-refractivity contribution in [2.24, 2.45) is 0 Å². The van der Waals surface area contributed by atoms with Crippen LogP contribution in [-0.2, 0) is 23.2 Å². The van der Waals surface area contributed by atoms with Crippen molar-refractivity contribution in [2.75, 3.05) is 0 Å². The van der Waals surface area contributed by atoms with Crippen molar-refractivity contribution in [3.05, 3.63) is 60.2 Å². The van der Waals surface area contributed by atoms with Crippen LogP contribution >= 0.6 is 0 Å². The van der Waals surface area contributed by atoms with Crippen LogP contribution in [0.4, 0.5) is 0 Å². The fourth-order valence-corrected chi connectivity index (χ4v) is 12.1. The van der Waals surface area contributed by atoms with Gasteiger partial charge >= 0.3 is 129 Å². The molecule has 0 radical (unpaired) electrons. The SMILES string of the molecule is C[Si](C)(C)C1[C]([Zr][C]2=CC=CC2)=Cc2ccccc21. The van der Waals surface area contributed by atoms with E-state index in [4.69, 9.17) is 0 Å². The molecule has 0 saturated carbocycles. The molecule has 0 aromatic heterocycles. The van der Waals surface area contributed by atoms with E-state index in [0.29, 0.717) is 0 Å². The van der Waals surface area contributed by atoms with E-state index in [-0.39, 0.29) is 0 Å². The summed E-state index contributed by atoms with van der Waals surface area (Å²) in [5, 5.41) is 0. The van der Waals surface area contributed by atoms with Crippen LogP contribution in [0.5, 0.6) is 0 Å². The first kappa shape index (κ1) is 13.5. The zero-order valence-electron chi connectivity index (χ0n) is 11.9. The van der Waals surface area contributed by atoms with Gasteiger partial charge in [0.05, 0.1) is 0 Å². The second-order valence-corrected chi connectivity index (χ2v) is 15.4. The summed E-state index contributed by atoms with van der Waals surface area (Å²) in [7, 11) is -1.18. The molecule has 0 spiro atoms. The van der Waals surface area contributed by atoms with E-state index in [2.05, 4.69) is 68.2 Å². The van der Waals surface area contributed by atoms with Gasteiger partial charge in [-0.15, -0.1) is 0 Å².